The summed E-state index contributed by atoms with van der Waals surface area (Å²) in [5.41, 5.74) is 1.93. The standard InChI is InChI=1S/C13H17NO3/c15-12-5-1-10(2-6-12)9-17-13-7-3-11(14-16)4-8-13/h1-2,5-6,13,15-16H,3-4,7-9H2. The molecule has 0 spiro atoms. The van der Waals surface area contributed by atoms with Gasteiger partial charge in [-0.05, 0) is 43.4 Å². The van der Waals surface area contributed by atoms with Crippen molar-refractivity contribution in [1.82, 2.24) is 0 Å². The molecule has 0 heterocycles. The molecular formula is C13H17NO3. The van der Waals surface area contributed by atoms with E-state index >= 15 is 0 Å². The summed E-state index contributed by atoms with van der Waals surface area (Å²) in [5, 5.41) is 21.0. The van der Waals surface area contributed by atoms with Crippen LogP contribution < -0.4 is 0 Å². The Balaban J connectivity index is 1.77. The molecular weight excluding hydrogens is 218 g/mol. The largest absolute Gasteiger partial charge is 0.508 e. The molecule has 1 aromatic rings. The van der Waals surface area contributed by atoms with Gasteiger partial charge in [0.15, 0.2) is 0 Å². The molecule has 92 valence electrons. The Labute approximate surface area is 101 Å². The maximum absolute atomic E-state index is 9.15. The van der Waals surface area contributed by atoms with Gasteiger partial charge in [-0.1, -0.05) is 17.3 Å². The Bertz CT molecular complexity index is 376. The molecule has 0 unspecified atom stereocenters. The zero-order valence-electron chi connectivity index (χ0n) is 9.67. The van der Waals surface area contributed by atoms with Gasteiger partial charge in [0.2, 0.25) is 0 Å². The quantitative estimate of drug-likeness (QED) is 0.625. The first-order valence-electron chi connectivity index (χ1n) is 5.87. The SMILES string of the molecule is ON=C1CCC(OCc2ccc(O)cc2)CC1. The average Bonchev–Trinajstić information content (AvgIpc) is 2.39. The second-order valence-electron chi connectivity index (χ2n) is 4.34. The lowest BCUT2D eigenvalue weighted by Crippen LogP contribution is -2.21. The monoisotopic (exact) mass is 235 g/mol. The van der Waals surface area contributed by atoms with Gasteiger partial charge in [0.1, 0.15) is 5.75 Å². The van der Waals surface area contributed by atoms with E-state index in [1.807, 2.05) is 12.1 Å². The molecule has 1 fully saturated rings. The van der Waals surface area contributed by atoms with Crippen LogP contribution in [0.1, 0.15) is 31.2 Å². The fourth-order valence-corrected chi connectivity index (χ4v) is 2.00. The van der Waals surface area contributed by atoms with Crippen LogP contribution >= 0.6 is 0 Å². The molecule has 0 aromatic heterocycles. The van der Waals surface area contributed by atoms with Crippen molar-refractivity contribution in [3.63, 3.8) is 0 Å². The van der Waals surface area contributed by atoms with E-state index < -0.39 is 0 Å². The number of rotatable bonds is 3. The van der Waals surface area contributed by atoms with Gasteiger partial charge < -0.3 is 15.1 Å². The number of nitrogens with zero attached hydrogens (tertiary/aromatic N) is 1. The van der Waals surface area contributed by atoms with Crippen molar-refractivity contribution >= 4 is 5.71 Å². The third kappa shape index (κ3) is 3.46. The molecule has 0 radical (unpaired) electrons. The molecule has 1 aromatic carbocycles. The third-order valence-electron chi connectivity index (χ3n) is 3.07. The number of phenols is 1. The Hall–Kier alpha value is -1.55. The fourth-order valence-electron chi connectivity index (χ4n) is 2.00. The van der Waals surface area contributed by atoms with Crippen LogP contribution in [0.5, 0.6) is 5.75 Å². The molecule has 4 heteroatoms. The van der Waals surface area contributed by atoms with Crippen LogP contribution in [-0.4, -0.2) is 22.1 Å². The molecule has 2 N–H and O–H groups in total. The molecule has 0 bridgehead atoms. The smallest absolute Gasteiger partial charge is 0.115 e. The molecule has 2 rings (SSSR count). The Morgan fingerprint density at radius 2 is 1.82 bits per heavy atom. The highest BCUT2D eigenvalue weighted by molar-refractivity contribution is 5.84. The van der Waals surface area contributed by atoms with Crippen molar-refractivity contribution in [2.75, 3.05) is 0 Å². The molecule has 1 aliphatic carbocycles. The van der Waals surface area contributed by atoms with Crippen molar-refractivity contribution in [2.45, 2.75) is 38.4 Å². The van der Waals surface area contributed by atoms with Crippen molar-refractivity contribution in [3.8, 4) is 5.75 Å². The van der Waals surface area contributed by atoms with Gasteiger partial charge >= 0.3 is 0 Å². The van der Waals surface area contributed by atoms with Gasteiger partial charge in [0.05, 0.1) is 18.4 Å². The van der Waals surface area contributed by atoms with Crippen molar-refractivity contribution in [1.29, 1.82) is 0 Å². The normalized spacial score (nSPS) is 20.2. The third-order valence-corrected chi connectivity index (χ3v) is 3.07. The summed E-state index contributed by atoms with van der Waals surface area (Å²) in [4.78, 5) is 0. The van der Waals surface area contributed by atoms with Gasteiger partial charge in [-0.2, -0.15) is 0 Å². The van der Waals surface area contributed by atoms with Crippen LogP contribution in [0, 0.1) is 0 Å². The number of ether oxygens (including phenoxy) is 1. The lowest BCUT2D eigenvalue weighted by atomic mass is 9.96. The van der Waals surface area contributed by atoms with E-state index in [-0.39, 0.29) is 11.9 Å². The fraction of sp³-hybridized carbons (Fsp3) is 0.462. The Morgan fingerprint density at radius 1 is 1.18 bits per heavy atom. The minimum Gasteiger partial charge on any atom is -0.508 e. The van der Waals surface area contributed by atoms with Crippen molar-refractivity contribution in [3.05, 3.63) is 29.8 Å². The molecule has 1 saturated carbocycles. The van der Waals surface area contributed by atoms with Crippen molar-refractivity contribution < 1.29 is 15.1 Å². The first-order valence-corrected chi connectivity index (χ1v) is 5.87. The van der Waals surface area contributed by atoms with Gasteiger partial charge in [0, 0.05) is 0 Å². The maximum atomic E-state index is 9.15. The minimum atomic E-state index is 0.245. The highest BCUT2D eigenvalue weighted by Crippen LogP contribution is 2.20. The maximum Gasteiger partial charge on any atom is 0.115 e. The molecule has 0 saturated heterocycles. The zero-order chi connectivity index (χ0) is 12.1. The van der Waals surface area contributed by atoms with Gasteiger partial charge in [-0.15, -0.1) is 0 Å². The van der Waals surface area contributed by atoms with Crippen LogP contribution in [0.15, 0.2) is 29.4 Å². The second-order valence-corrected chi connectivity index (χ2v) is 4.34. The number of benzene rings is 1. The lowest BCUT2D eigenvalue weighted by Gasteiger charge is -2.22. The zero-order valence-corrected chi connectivity index (χ0v) is 9.67. The van der Waals surface area contributed by atoms with E-state index in [9.17, 15) is 0 Å². The highest BCUT2D eigenvalue weighted by Gasteiger charge is 2.18. The molecule has 0 atom stereocenters. The molecule has 0 aliphatic heterocycles. The van der Waals surface area contributed by atoms with Crippen LogP contribution in [0.2, 0.25) is 0 Å². The number of aromatic hydroxyl groups is 1. The van der Waals surface area contributed by atoms with Crippen LogP contribution in [0.25, 0.3) is 0 Å². The van der Waals surface area contributed by atoms with Gasteiger partial charge in [-0.3, -0.25) is 0 Å². The summed E-state index contributed by atoms with van der Waals surface area (Å²) >= 11 is 0. The van der Waals surface area contributed by atoms with Gasteiger partial charge in [-0.25, -0.2) is 0 Å². The summed E-state index contributed by atoms with van der Waals surface area (Å²) in [5.74, 6) is 0.273. The first kappa shape index (κ1) is 11.9. The summed E-state index contributed by atoms with van der Waals surface area (Å²) in [6.07, 6.45) is 3.71. The number of hydrogen-bond acceptors (Lipinski definition) is 4. The topological polar surface area (TPSA) is 62.1 Å². The lowest BCUT2D eigenvalue weighted by molar-refractivity contribution is 0.0277. The van der Waals surface area contributed by atoms with Gasteiger partial charge in [0.25, 0.3) is 0 Å². The predicted octanol–water partition coefficient (Wildman–Crippen LogP) is 2.68. The van der Waals surface area contributed by atoms with Crippen LogP contribution in [0.4, 0.5) is 0 Å². The number of hydrogen-bond donors (Lipinski definition) is 2. The second kappa shape index (κ2) is 5.68. The summed E-state index contributed by atoms with van der Waals surface area (Å²) < 4.78 is 5.78. The molecule has 0 amide bonds. The van der Waals surface area contributed by atoms with Crippen LogP contribution in [-0.2, 0) is 11.3 Å². The van der Waals surface area contributed by atoms with E-state index in [1.54, 1.807) is 12.1 Å². The van der Waals surface area contributed by atoms with E-state index in [0.29, 0.717) is 6.61 Å². The molecule has 4 nitrogen and oxygen atoms in total. The summed E-state index contributed by atoms with van der Waals surface area (Å²) in [7, 11) is 0. The van der Waals surface area contributed by atoms with Crippen molar-refractivity contribution in [2.24, 2.45) is 5.16 Å². The highest BCUT2D eigenvalue weighted by atomic mass is 16.5. The Kier molecular flexibility index (Phi) is 3.98. The van der Waals surface area contributed by atoms with E-state index in [0.717, 1.165) is 37.0 Å². The average molecular weight is 235 g/mol. The van der Waals surface area contributed by atoms with E-state index in [2.05, 4.69) is 5.16 Å². The van der Waals surface area contributed by atoms with E-state index in [4.69, 9.17) is 15.1 Å². The summed E-state index contributed by atoms with van der Waals surface area (Å²) in [6, 6.07) is 7.05. The molecule has 17 heavy (non-hydrogen) atoms. The van der Waals surface area contributed by atoms with E-state index in [1.165, 1.54) is 0 Å². The van der Waals surface area contributed by atoms with Crippen LogP contribution in [0.3, 0.4) is 0 Å². The number of oxime groups is 1. The first-order chi connectivity index (χ1) is 8.28. The Morgan fingerprint density at radius 3 is 2.41 bits per heavy atom. The summed E-state index contributed by atoms with van der Waals surface area (Å²) in [6.45, 7) is 0.566. The molecule has 1 aliphatic rings. The minimum absolute atomic E-state index is 0.245. The predicted molar refractivity (Wildman–Crippen MR) is 64.4 cm³/mol. The number of phenolic OH excluding ortho intramolecular Hbond substituents is 1.